The van der Waals surface area contributed by atoms with Crippen LogP contribution in [0.3, 0.4) is 0 Å². The van der Waals surface area contributed by atoms with Gasteiger partial charge in [-0.2, -0.15) is 0 Å². The summed E-state index contributed by atoms with van der Waals surface area (Å²) in [5.74, 6) is 3.69. The van der Waals surface area contributed by atoms with Crippen LogP contribution >= 0.6 is 0 Å². The number of piperidine rings is 1. The van der Waals surface area contributed by atoms with Gasteiger partial charge in [0.2, 0.25) is 0 Å². The molecular weight excluding hydrogens is 256 g/mol. The minimum Gasteiger partial charge on any atom is -0.311 e. The van der Waals surface area contributed by atoms with Gasteiger partial charge in [-0.3, -0.25) is 4.90 Å². The molecule has 120 valence electrons. The fourth-order valence-electron chi connectivity index (χ4n) is 4.05. The fourth-order valence-corrected chi connectivity index (χ4v) is 4.05. The summed E-state index contributed by atoms with van der Waals surface area (Å²) in [5, 5.41) is 3.93. The Balaban J connectivity index is 1.69. The van der Waals surface area contributed by atoms with Crippen LogP contribution in [-0.2, 0) is 0 Å². The summed E-state index contributed by atoms with van der Waals surface area (Å²) < 4.78 is 0. The lowest BCUT2D eigenvalue weighted by atomic mass is 9.69. The van der Waals surface area contributed by atoms with Crippen LogP contribution in [0.15, 0.2) is 0 Å². The quantitative estimate of drug-likeness (QED) is 0.777. The van der Waals surface area contributed by atoms with Gasteiger partial charge in [-0.25, -0.2) is 0 Å². The average Bonchev–Trinajstić information content (AvgIpc) is 2.50. The van der Waals surface area contributed by atoms with Crippen LogP contribution in [0.1, 0.15) is 65.7 Å². The number of rotatable bonds is 5. The zero-order valence-electron chi connectivity index (χ0n) is 14.3. The van der Waals surface area contributed by atoms with E-state index >= 15 is 0 Å². The first-order valence-corrected chi connectivity index (χ1v) is 8.97. The molecule has 2 fully saturated rings. The number of nitrogens with zero attached hydrogens (tertiary/aromatic N) is 1. The molecule has 0 spiro atoms. The van der Waals surface area contributed by atoms with Gasteiger partial charge < -0.3 is 5.32 Å². The molecular formula is C19H34N2. The number of terminal acetylenes is 1. The summed E-state index contributed by atoms with van der Waals surface area (Å²) in [5.41, 5.74) is 0.533. The number of hydrogen-bond acceptors (Lipinski definition) is 2. The first kappa shape index (κ1) is 16.8. The van der Waals surface area contributed by atoms with E-state index in [-0.39, 0.29) is 0 Å². The lowest BCUT2D eigenvalue weighted by Gasteiger charge is -2.41. The lowest BCUT2D eigenvalue weighted by molar-refractivity contribution is 0.127. The molecule has 2 heteroatoms. The van der Waals surface area contributed by atoms with Crippen molar-refractivity contribution in [2.24, 2.45) is 11.3 Å². The summed E-state index contributed by atoms with van der Waals surface area (Å²) in [6.07, 6.45) is 14.8. The van der Waals surface area contributed by atoms with E-state index in [1.165, 1.54) is 58.0 Å². The van der Waals surface area contributed by atoms with Crippen molar-refractivity contribution < 1.29 is 0 Å². The van der Waals surface area contributed by atoms with E-state index < -0.39 is 0 Å². The van der Waals surface area contributed by atoms with Crippen molar-refractivity contribution in [3.8, 4) is 12.3 Å². The first-order valence-electron chi connectivity index (χ1n) is 8.97. The van der Waals surface area contributed by atoms with E-state index in [1.807, 2.05) is 0 Å². The van der Waals surface area contributed by atoms with Crippen molar-refractivity contribution in [1.29, 1.82) is 0 Å². The van der Waals surface area contributed by atoms with Crippen LogP contribution in [0.5, 0.6) is 0 Å². The van der Waals surface area contributed by atoms with E-state index in [0.29, 0.717) is 5.41 Å². The van der Waals surface area contributed by atoms with E-state index in [0.717, 1.165) is 24.5 Å². The van der Waals surface area contributed by atoms with Crippen LogP contribution in [0.25, 0.3) is 0 Å². The third kappa shape index (κ3) is 4.73. The zero-order valence-corrected chi connectivity index (χ0v) is 14.3. The Morgan fingerprint density at radius 1 is 1.05 bits per heavy atom. The Bertz CT molecular complexity index is 339. The molecule has 1 N–H and O–H groups in total. The molecule has 0 unspecified atom stereocenters. The summed E-state index contributed by atoms with van der Waals surface area (Å²) in [7, 11) is 0. The molecule has 1 heterocycles. The maximum absolute atomic E-state index is 5.40. The van der Waals surface area contributed by atoms with Crippen LogP contribution in [-0.4, -0.2) is 36.6 Å². The van der Waals surface area contributed by atoms with E-state index in [4.69, 9.17) is 6.42 Å². The minimum atomic E-state index is 0.533. The molecule has 0 aromatic carbocycles. The van der Waals surface area contributed by atoms with Crippen LogP contribution < -0.4 is 5.32 Å². The molecule has 0 atom stereocenters. The highest BCUT2D eigenvalue weighted by Gasteiger charge is 2.32. The molecule has 0 radical (unpaired) electrons. The van der Waals surface area contributed by atoms with Crippen molar-refractivity contribution in [2.45, 2.75) is 77.8 Å². The fraction of sp³-hybridized carbons (Fsp3) is 0.895. The molecule has 0 aromatic rings. The molecule has 1 saturated heterocycles. The van der Waals surface area contributed by atoms with Crippen LogP contribution in [0, 0.1) is 23.7 Å². The molecule has 0 bridgehead atoms. The van der Waals surface area contributed by atoms with Gasteiger partial charge >= 0.3 is 0 Å². The molecule has 2 aliphatic rings. The van der Waals surface area contributed by atoms with Gasteiger partial charge in [0.05, 0.1) is 6.54 Å². The van der Waals surface area contributed by atoms with E-state index in [2.05, 4.69) is 36.9 Å². The third-order valence-electron chi connectivity index (χ3n) is 6.12. The maximum atomic E-state index is 5.40. The topological polar surface area (TPSA) is 15.3 Å². The van der Waals surface area contributed by atoms with E-state index in [1.54, 1.807) is 0 Å². The monoisotopic (exact) mass is 290 g/mol. The first-order chi connectivity index (χ1) is 10.0. The second-order valence-corrected chi connectivity index (χ2v) is 7.81. The van der Waals surface area contributed by atoms with Gasteiger partial charge in [-0.15, -0.1) is 6.42 Å². The molecule has 0 aromatic heterocycles. The number of likely N-dealkylation sites (tertiary alicyclic amines) is 1. The van der Waals surface area contributed by atoms with Crippen LogP contribution in [0.2, 0.25) is 0 Å². The molecule has 2 nitrogen and oxygen atoms in total. The second kappa shape index (κ2) is 7.65. The highest BCUT2D eigenvalue weighted by molar-refractivity contribution is 4.92. The Kier molecular flexibility index (Phi) is 6.14. The van der Waals surface area contributed by atoms with Gasteiger partial charge in [0.1, 0.15) is 0 Å². The third-order valence-corrected chi connectivity index (χ3v) is 6.12. The van der Waals surface area contributed by atoms with Crippen molar-refractivity contribution in [3.63, 3.8) is 0 Å². The van der Waals surface area contributed by atoms with Gasteiger partial charge in [-0.05, 0) is 49.9 Å². The highest BCUT2D eigenvalue weighted by Crippen LogP contribution is 2.40. The Labute approximate surface area is 132 Å². The zero-order chi connectivity index (χ0) is 15.3. The van der Waals surface area contributed by atoms with Gasteiger partial charge in [-0.1, -0.05) is 33.1 Å². The second-order valence-electron chi connectivity index (χ2n) is 7.81. The summed E-state index contributed by atoms with van der Waals surface area (Å²) in [6.45, 7) is 10.4. The molecule has 1 saturated carbocycles. The van der Waals surface area contributed by atoms with Crippen molar-refractivity contribution in [2.75, 3.05) is 19.6 Å². The largest absolute Gasteiger partial charge is 0.311 e. The SMILES string of the molecule is C#CCN1CCC(NC2CCC(C(C)(C)CC)CC2)CC1. The van der Waals surface area contributed by atoms with Gasteiger partial charge in [0.15, 0.2) is 0 Å². The predicted octanol–water partition coefficient (Wildman–Crippen LogP) is 3.67. The average molecular weight is 290 g/mol. The van der Waals surface area contributed by atoms with Gasteiger partial charge in [0, 0.05) is 25.2 Å². The minimum absolute atomic E-state index is 0.533. The molecule has 21 heavy (non-hydrogen) atoms. The Morgan fingerprint density at radius 3 is 2.14 bits per heavy atom. The number of nitrogens with one attached hydrogen (secondary N) is 1. The van der Waals surface area contributed by atoms with Crippen molar-refractivity contribution >= 4 is 0 Å². The molecule has 1 aliphatic heterocycles. The summed E-state index contributed by atoms with van der Waals surface area (Å²) in [6, 6.07) is 1.48. The molecule has 2 rings (SSSR count). The molecule has 0 amide bonds. The van der Waals surface area contributed by atoms with Gasteiger partial charge in [0.25, 0.3) is 0 Å². The van der Waals surface area contributed by atoms with E-state index in [9.17, 15) is 0 Å². The number of hydrogen-bond donors (Lipinski definition) is 1. The highest BCUT2D eigenvalue weighted by atomic mass is 15.1. The predicted molar refractivity (Wildman–Crippen MR) is 91.2 cm³/mol. The Hall–Kier alpha value is -0.520. The van der Waals surface area contributed by atoms with Crippen molar-refractivity contribution in [3.05, 3.63) is 0 Å². The Morgan fingerprint density at radius 2 is 1.62 bits per heavy atom. The van der Waals surface area contributed by atoms with Crippen molar-refractivity contribution in [1.82, 2.24) is 10.2 Å². The maximum Gasteiger partial charge on any atom is 0.0598 e. The smallest absolute Gasteiger partial charge is 0.0598 e. The lowest BCUT2D eigenvalue weighted by Crippen LogP contribution is -2.47. The summed E-state index contributed by atoms with van der Waals surface area (Å²) >= 11 is 0. The normalized spacial score (nSPS) is 29.2. The standard InChI is InChI=1S/C19H34N2/c1-5-13-21-14-11-18(12-15-21)20-17-9-7-16(8-10-17)19(3,4)6-2/h1,16-18,20H,6-15H2,2-4H3. The summed E-state index contributed by atoms with van der Waals surface area (Å²) in [4.78, 5) is 2.40. The molecule has 1 aliphatic carbocycles. The van der Waals surface area contributed by atoms with Crippen LogP contribution in [0.4, 0.5) is 0 Å².